The number of nitrogen functional groups attached to an aromatic ring is 1. The maximum Gasteiger partial charge on any atom is 0.147 e. The smallest absolute Gasteiger partial charge is 0.147 e. The van der Waals surface area contributed by atoms with Gasteiger partial charge in [-0.2, -0.15) is 5.10 Å². The van der Waals surface area contributed by atoms with Crippen molar-refractivity contribution < 1.29 is 8.42 Å². The third-order valence-electron chi connectivity index (χ3n) is 2.64. The minimum atomic E-state index is -2.90. The maximum atomic E-state index is 11.0. The van der Waals surface area contributed by atoms with E-state index in [1.54, 1.807) is 4.68 Å². The number of aryl methyl sites for hydroxylation is 1. The van der Waals surface area contributed by atoms with Crippen LogP contribution in [0.3, 0.4) is 0 Å². The van der Waals surface area contributed by atoms with Gasteiger partial charge in [-0.25, -0.2) is 8.42 Å². The molecule has 0 bridgehead atoms. The van der Waals surface area contributed by atoms with Crippen molar-refractivity contribution in [3.63, 3.8) is 0 Å². The van der Waals surface area contributed by atoms with E-state index in [9.17, 15) is 8.42 Å². The summed E-state index contributed by atoms with van der Waals surface area (Å²) in [5.74, 6) is 1.20. The van der Waals surface area contributed by atoms with Crippen molar-refractivity contribution in [3.05, 3.63) is 5.69 Å². The van der Waals surface area contributed by atoms with Gasteiger partial charge in [0.1, 0.15) is 15.7 Å². The fraction of sp³-hybridized carbons (Fsp3) is 0.727. The van der Waals surface area contributed by atoms with Crippen molar-refractivity contribution in [2.75, 3.05) is 29.6 Å². The van der Waals surface area contributed by atoms with Gasteiger partial charge in [0.2, 0.25) is 0 Å². The number of nitrogens with zero attached hydrogens (tertiary/aromatic N) is 2. The molecule has 0 saturated heterocycles. The molecule has 0 spiro atoms. The Bertz CT molecular complexity index is 505. The van der Waals surface area contributed by atoms with E-state index in [1.165, 1.54) is 6.26 Å². The summed E-state index contributed by atoms with van der Waals surface area (Å²) >= 11 is 0. The average Bonchev–Trinajstić information content (AvgIpc) is 2.49. The van der Waals surface area contributed by atoms with Crippen molar-refractivity contribution in [3.8, 4) is 0 Å². The second kappa shape index (κ2) is 5.60. The van der Waals surface area contributed by atoms with Crippen LogP contribution in [0.25, 0.3) is 0 Å². The molecule has 0 aromatic carbocycles. The normalized spacial score (nSPS) is 12.1. The first-order chi connectivity index (χ1) is 8.22. The monoisotopic (exact) mass is 274 g/mol. The second-order valence-corrected chi connectivity index (χ2v) is 7.10. The van der Waals surface area contributed by atoms with Gasteiger partial charge >= 0.3 is 0 Å². The zero-order valence-corrected chi connectivity index (χ0v) is 12.2. The molecule has 0 aliphatic carbocycles. The van der Waals surface area contributed by atoms with Gasteiger partial charge in [0.05, 0.1) is 17.1 Å². The fourth-order valence-corrected chi connectivity index (χ4v) is 2.41. The van der Waals surface area contributed by atoms with E-state index in [0.29, 0.717) is 18.7 Å². The predicted octanol–water partition coefficient (Wildman–Crippen LogP) is 0.972. The Morgan fingerprint density at radius 3 is 2.50 bits per heavy atom. The molecular weight excluding hydrogens is 252 g/mol. The minimum absolute atomic E-state index is 0.175. The number of nitrogens with two attached hydrogens (primary N) is 1. The number of anilines is 2. The molecule has 0 atom stereocenters. The van der Waals surface area contributed by atoms with Crippen LogP contribution < -0.4 is 11.1 Å². The van der Waals surface area contributed by atoms with Gasteiger partial charge < -0.3 is 11.1 Å². The lowest BCUT2D eigenvalue weighted by molar-refractivity contribution is 0.600. The predicted molar refractivity (Wildman–Crippen MR) is 74.5 cm³/mol. The second-order valence-electron chi connectivity index (χ2n) is 4.84. The van der Waals surface area contributed by atoms with Crippen LogP contribution in [-0.4, -0.2) is 36.8 Å². The summed E-state index contributed by atoms with van der Waals surface area (Å²) in [7, 11) is -1.08. The molecule has 3 N–H and O–H groups in total. The molecule has 104 valence electrons. The first-order valence-electron chi connectivity index (χ1n) is 5.96. The van der Waals surface area contributed by atoms with Crippen LogP contribution in [0.5, 0.6) is 0 Å². The first-order valence-corrected chi connectivity index (χ1v) is 8.02. The van der Waals surface area contributed by atoms with Crippen LogP contribution in [0, 0.1) is 0 Å². The fourth-order valence-electron chi connectivity index (χ4n) is 1.74. The Labute approximate surface area is 108 Å². The quantitative estimate of drug-likeness (QED) is 0.754. The molecule has 0 radical (unpaired) electrons. The van der Waals surface area contributed by atoms with E-state index < -0.39 is 9.84 Å². The number of sulfone groups is 1. The number of aromatic nitrogens is 2. The third kappa shape index (κ3) is 3.90. The zero-order chi connectivity index (χ0) is 13.9. The Kier molecular flexibility index (Phi) is 4.61. The van der Waals surface area contributed by atoms with E-state index in [2.05, 4.69) is 10.4 Å². The number of hydrogen-bond acceptors (Lipinski definition) is 5. The van der Waals surface area contributed by atoms with Crippen LogP contribution in [0.15, 0.2) is 0 Å². The molecule has 1 heterocycles. The highest BCUT2D eigenvalue weighted by Gasteiger charge is 2.15. The van der Waals surface area contributed by atoms with Crippen LogP contribution >= 0.6 is 0 Å². The lowest BCUT2D eigenvalue weighted by atomic mass is 10.1. The van der Waals surface area contributed by atoms with Gasteiger partial charge in [0, 0.05) is 19.8 Å². The summed E-state index contributed by atoms with van der Waals surface area (Å²) in [6.07, 6.45) is 1.79. The number of rotatable bonds is 6. The van der Waals surface area contributed by atoms with Crippen molar-refractivity contribution in [1.82, 2.24) is 9.78 Å². The van der Waals surface area contributed by atoms with Crippen LogP contribution in [-0.2, 0) is 16.9 Å². The molecule has 1 aromatic rings. The number of nitrogens with one attached hydrogen (secondary N) is 1. The van der Waals surface area contributed by atoms with Crippen LogP contribution in [0.2, 0.25) is 0 Å². The molecule has 1 rings (SSSR count). The maximum absolute atomic E-state index is 11.0. The average molecular weight is 274 g/mol. The lowest BCUT2D eigenvalue weighted by Gasteiger charge is -2.07. The van der Waals surface area contributed by atoms with Gasteiger partial charge in [-0.15, -0.1) is 0 Å². The molecule has 6 nitrogen and oxygen atoms in total. The number of hydrogen-bond donors (Lipinski definition) is 2. The highest BCUT2D eigenvalue weighted by atomic mass is 32.2. The van der Waals surface area contributed by atoms with E-state index in [-0.39, 0.29) is 11.7 Å². The van der Waals surface area contributed by atoms with Gasteiger partial charge in [0.15, 0.2) is 0 Å². The molecular formula is C11H22N4O2S. The molecule has 0 fully saturated rings. The molecule has 1 aromatic heterocycles. The Morgan fingerprint density at radius 1 is 1.44 bits per heavy atom. The van der Waals surface area contributed by atoms with Gasteiger partial charge in [-0.1, -0.05) is 13.8 Å². The summed E-state index contributed by atoms with van der Waals surface area (Å²) in [6.45, 7) is 4.63. The van der Waals surface area contributed by atoms with Gasteiger partial charge in [0.25, 0.3) is 0 Å². The van der Waals surface area contributed by atoms with E-state index in [4.69, 9.17) is 5.73 Å². The molecule has 0 saturated carbocycles. The topological polar surface area (TPSA) is 90.0 Å². The molecule has 7 heteroatoms. The third-order valence-corrected chi connectivity index (χ3v) is 3.67. The van der Waals surface area contributed by atoms with Crippen molar-refractivity contribution in [2.45, 2.75) is 26.2 Å². The molecule has 18 heavy (non-hydrogen) atoms. The van der Waals surface area contributed by atoms with Crippen LogP contribution in [0.4, 0.5) is 11.5 Å². The van der Waals surface area contributed by atoms with E-state index in [0.717, 1.165) is 11.5 Å². The SMILES string of the molecule is CC(C)c1nn(C)c(NCCCS(C)(=O)=O)c1N. The molecule has 0 amide bonds. The van der Waals surface area contributed by atoms with E-state index >= 15 is 0 Å². The largest absolute Gasteiger partial charge is 0.394 e. The molecule has 0 aliphatic rings. The highest BCUT2D eigenvalue weighted by molar-refractivity contribution is 7.90. The van der Waals surface area contributed by atoms with Crippen molar-refractivity contribution in [1.29, 1.82) is 0 Å². The lowest BCUT2D eigenvalue weighted by Crippen LogP contribution is -2.12. The van der Waals surface area contributed by atoms with Gasteiger partial charge in [-0.3, -0.25) is 4.68 Å². The molecule has 0 unspecified atom stereocenters. The van der Waals surface area contributed by atoms with Crippen molar-refractivity contribution >= 4 is 21.3 Å². The minimum Gasteiger partial charge on any atom is -0.394 e. The summed E-state index contributed by atoms with van der Waals surface area (Å²) in [5, 5.41) is 7.49. The van der Waals surface area contributed by atoms with Crippen LogP contribution in [0.1, 0.15) is 31.9 Å². The highest BCUT2D eigenvalue weighted by Crippen LogP contribution is 2.27. The Morgan fingerprint density at radius 2 is 2.06 bits per heavy atom. The Balaban J connectivity index is 2.63. The Hall–Kier alpha value is -1.24. The zero-order valence-electron chi connectivity index (χ0n) is 11.4. The summed E-state index contributed by atoms with van der Waals surface area (Å²) in [5.41, 5.74) is 7.52. The van der Waals surface area contributed by atoms with Gasteiger partial charge in [-0.05, 0) is 12.3 Å². The molecule has 0 aliphatic heterocycles. The summed E-state index contributed by atoms with van der Waals surface area (Å²) < 4.78 is 23.7. The van der Waals surface area contributed by atoms with E-state index in [1.807, 2.05) is 20.9 Å². The summed E-state index contributed by atoms with van der Waals surface area (Å²) in [6, 6.07) is 0. The summed E-state index contributed by atoms with van der Waals surface area (Å²) in [4.78, 5) is 0. The standard InChI is InChI=1S/C11H22N4O2S/c1-8(2)10-9(12)11(15(3)14-10)13-6-5-7-18(4,16)17/h8,13H,5-7,12H2,1-4H3. The van der Waals surface area contributed by atoms with Crippen molar-refractivity contribution in [2.24, 2.45) is 7.05 Å². The first kappa shape index (κ1) is 14.8.